The molecule has 2 aliphatic heterocycles. The number of aliphatic hydroxyl groups is 1. The number of nitrogens with one attached hydrogen (secondary N) is 1. The van der Waals surface area contributed by atoms with Crippen LogP contribution in [0.5, 0.6) is 0 Å². The summed E-state index contributed by atoms with van der Waals surface area (Å²) in [5.41, 5.74) is 0. The third kappa shape index (κ3) is 2.40. The highest BCUT2D eigenvalue weighted by Gasteiger charge is 2.43. The van der Waals surface area contributed by atoms with Crippen LogP contribution in [0.4, 0.5) is 0 Å². The van der Waals surface area contributed by atoms with Crippen molar-refractivity contribution in [3.63, 3.8) is 0 Å². The first-order valence-electron chi connectivity index (χ1n) is 5.82. The van der Waals surface area contributed by atoms with Gasteiger partial charge in [0, 0.05) is 12.6 Å². The van der Waals surface area contributed by atoms with E-state index in [4.69, 9.17) is 0 Å². The van der Waals surface area contributed by atoms with Crippen LogP contribution < -0.4 is 5.32 Å². The van der Waals surface area contributed by atoms with Gasteiger partial charge in [-0.3, -0.25) is 4.90 Å². The van der Waals surface area contributed by atoms with Gasteiger partial charge in [-0.2, -0.15) is 0 Å². The van der Waals surface area contributed by atoms with E-state index >= 15 is 0 Å². The molecule has 2 N–H and O–H groups in total. The molecule has 0 saturated carbocycles. The lowest BCUT2D eigenvalue weighted by molar-refractivity contribution is 0.0753. The van der Waals surface area contributed by atoms with E-state index in [-0.39, 0.29) is 17.5 Å². The monoisotopic (exact) mass is 248 g/mol. The molecule has 94 valence electrons. The van der Waals surface area contributed by atoms with Crippen LogP contribution in [0, 0.1) is 0 Å². The molecule has 0 aromatic rings. The van der Waals surface area contributed by atoms with Crippen LogP contribution in [0.2, 0.25) is 0 Å². The quantitative estimate of drug-likeness (QED) is 0.658. The lowest BCUT2D eigenvalue weighted by Gasteiger charge is -2.31. The van der Waals surface area contributed by atoms with E-state index in [1.54, 1.807) is 0 Å². The van der Waals surface area contributed by atoms with Gasteiger partial charge in [0.15, 0.2) is 9.84 Å². The lowest BCUT2D eigenvalue weighted by atomic mass is 10.1. The SMILES string of the molecule is CNCC1CCCN1C1CS(=O)(=O)CC1O. The Labute approximate surface area is 96.7 Å². The Morgan fingerprint density at radius 3 is 2.75 bits per heavy atom. The lowest BCUT2D eigenvalue weighted by Crippen LogP contribution is -2.48. The Kier molecular flexibility index (Phi) is 3.53. The normalized spacial score (nSPS) is 39.2. The van der Waals surface area contributed by atoms with Crippen molar-refractivity contribution in [3.05, 3.63) is 0 Å². The minimum atomic E-state index is -3.03. The van der Waals surface area contributed by atoms with Crippen molar-refractivity contribution in [3.8, 4) is 0 Å². The van der Waals surface area contributed by atoms with Crippen molar-refractivity contribution < 1.29 is 13.5 Å². The zero-order chi connectivity index (χ0) is 11.8. The van der Waals surface area contributed by atoms with Crippen LogP contribution in [-0.4, -0.2) is 68.3 Å². The van der Waals surface area contributed by atoms with Crippen molar-refractivity contribution in [1.29, 1.82) is 0 Å². The Morgan fingerprint density at radius 1 is 1.44 bits per heavy atom. The second-order valence-corrected chi connectivity index (χ2v) is 6.96. The molecule has 16 heavy (non-hydrogen) atoms. The first-order chi connectivity index (χ1) is 7.53. The molecule has 3 atom stereocenters. The number of rotatable bonds is 3. The van der Waals surface area contributed by atoms with Crippen molar-refractivity contribution >= 4 is 9.84 Å². The summed E-state index contributed by atoms with van der Waals surface area (Å²) in [7, 11) is -1.13. The molecule has 0 radical (unpaired) electrons. The number of likely N-dealkylation sites (tertiary alicyclic amines) is 1. The maximum absolute atomic E-state index is 11.5. The van der Waals surface area contributed by atoms with Crippen molar-refractivity contribution in [2.75, 3.05) is 31.6 Å². The highest BCUT2D eigenvalue weighted by atomic mass is 32.2. The first-order valence-corrected chi connectivity index (χ1v) is 7.64. The van der Waals surface area contributed by atoms with Gasteiger partial charge in [0.05, 0.1) is 23.7 Å². The van der Waals surface area contributed by atoms with Gasteiger partial charge in [-0.15, -0.1) is 0 Å². The smallest absolute Gasteiger partial charge is 0.154 e. The fraction of sp³-hybridized carbons (Fsp3) is 1.00. The average molecular weight is 248 g/mol. The van der Waals surface area contributed by atoms with Crippen molar-refractivity contribution in [1.82, 2.24) is 10.2 Å². The van der Waals surface area contributed by atoms with Gasteiger partial charge >= 0.3 is 0 Å². The van der Waals surface area contributed by atoms with Gasteiger partial charge in [-0.25, -0.2) is 8.42 Å². The molecule has 0 amide bonds. The number of nitrogens with zero attached hydrogens (tertiary/aromatic N) is 1. The Morgan fingerprint density at radius 2 is 2.19 bits per heavy atom. The van der Waals surface area contributed by atoms with E-state index in [9.17, 15) is 13.5 Å². The van der Waals surface area contributed by atoms with Gasteiger partial charge < -0.3 is 10.4 Å². The molecule has 3 unspecified atom stereocenters. The molecule has 0 aromatic carbocycles. The van der Waals surface area contributed by atoms with Crippen molar-refractivity contribution in [2.24, 2.45) is 0 Å². The van der Waals surface area contributed by atoms with E-state index in [1.165, 1.54) is 0 Å². The van der Waals surface area contributed by atoms with Crippen molar-refractivity contribution in [2.45, 2.75) is 31.0 Å². The number of aliphatic hydroxyl groups excluding tert-OH is 1. The number of sulfone groups is 1. The molecule has 2 rings (SSSR count). The Hall–Kier alpha value is -0.170. The first kappa shape index (κ1) is 12.3. The van der Waals surface area contributed by atoms with E-state index < -0.39 is 15.9 Å². The number of hydrogen-bond acceptors (Lipinski definition) is 5. The molecule has 0 aliphatic carbocycles. The Bertz CT molecular complexity index is 344. The van der Waals surface area contributed by atoms with E-state index in [2.05, 4.69) is 10.2 Å². The molecule has 2 saturated heterocycles. The van der Waals surface area contributed by atoms with Gasteiger partial charge in [-0.05, 0) is 26.4 Å². The summed E-state index contributed by atoms with van der Waals surface area (Å²) in [4.78, 5) is 2.17. The summed E-state index contributed by atoms with van der Waals surface area (Å²) < 4.78 is 22.9. The van der Waals surface area contributed by atoms with E-state index in [0.717, 1.165) is 25.9 Å². The van der Waals surface area contributed by atoms with Crippen LogP contribution in [-0.2, 0) is 9.84 Å². The minimum absolute atomic E-state index is 0.0690. The zero-order valence-electron chi connectivity index (χ0n) is 9.59. The maximum atomic E-state index is 11.5. The third-order valence-corrected chi connectivity index (χ3v) is 5.28. The predicted octanol–water partition coefficient (Wildman–Crippen LogP) is -1.17. The molecular formula is C10H20N2O3S. The standard InChI is InChI=1S/C10H20N2O3S/c1-11-5-8-3-2-4-12(8)9-6-16(14,15)7-10(9)13/h8-11,13H,2-7H2,1H3. The van der Waals surface area contributed by atoms with Gasteiger partial charge in [-0.1, -0.05) is 0 Å². The fourth-order valence-electron chi connectivity index (χ4n) is 2.88. The topological polar surface area (TPSA) is 69.6 Å². The second-order valence-electron chi connectivity index (χ2n) is 4.80. The molecule has 6 heteroatoms. The minimum Gasteiger partial charge on any atom is -0.390 e. The summed E-state index contributed by atoms with van der Waals surface area (Å²) >= 11 is 0. The molecule has 0 spiro atoms. The predicted molar refractivity (Wildman–Crippen MR) is 62.1 cm³/mol. The molecular weight excluding hydrogens is 228 g/mol. The summed E-state index contributed by atoms with van der Waals surface area (Å²) in [6, 6.07) is 0.184. The third-order valence-electron chi connectivity index (χ3n) is 3.58. The highest BCUT2D eigenvalue weighted by molar-refractivity contribution is 7.91. The number of hydrogen-bond donors (Lipinski definition) is 2. The number of likely N-dealkylation sites (N-methyl/N-ethyl adjacent to an activating group) is 1. The molecule has 0 bridgehead atoms. The van der Waals surface area contributed by atoms with Crippen LogP contribution in [0.3, 0.4) is 0 Å². The molecule has 0 aromatic heterocycles. The summed E-state index contributed by atoms with van der Waals surface area (Å²) in [5.74, 6) is 0.0504. The Balaban J connectivity index is 2.07. The summed E-state index contributed by atoms with van der Waals surface area (Å²) in [5, 5.41) is 13.0. The van der Waals surface area contributed by atoms with Crippen LogP contribution in [0.15, 0.2) is 0 Å². The molecule has 2 heterocycles. The molecule has 5 nitrogen and oxygen atoms in total. The molecule has 2 fully saturated rings. The zero-order valence-corrected chi connectivity index (χ0v) is 10.4. The van der Waals surface area contributed by atoms with E-state index in [0.29, 0.717) is 6.04 Å². The highest BCUT2D eigenvalue weighted by Crippen LogP contribution is 2.26. The average Bonchev–Trinajstić information content (AvgIpc) is 2.71. The van der Waals surface area contributed by atoms with Crippen LogP contribution >= 0.6 is 0 Å². The fourth-order valence-corrected chi connectivity index (χ4v) is 4.69. The van der Waals surface area contributed by atoms with Crippen LogP contribution in [0.1, 0.15) is 12.8 Å². The maximum Gasteiger partial charge on any atom is 0.154 e. The molecule has 2 aliphatic rings. The summed E-state index contributed by atoms with van der Waals surface area (Å²) in [6.07, 6.45) is 1.47. The summed E-state index contributed by atoms with van der Waals surface area (Å²) in [6.45, 7) is 1.77. The van der Waals surface area contributed by atoms with Gasteiger partial charge in [0.2, 0.25) is 0 Å². The second kappa shape index (κ2) is 4.60. The van der Waals surface area contributed by atoms with Gasteiger partial charge in [0.1, 0.15) is 0 Å². The van der Waals surface area contributed by atoms with Gasteiger partial charge in [0.25, 0.3) is 0 Å². The van der Waals surface area contributed by atoms with E-state index in [1.807, 2.05) is 7.05 Å². The van der Waals surface area contributed by atoms with Crippen LogP contribution in [0.25, 0.3) is 0 Å². The largest absolute Gasteiger partial charge is 0.390 e.